The predicted molar refractivity (Wildman–Crippen MR) is 116 cm³/mol. The van der Waals surface area contributed by atoms with Crippen molar-refractivity contribution in [1.29, 1.82) is 0 Å². The fraction of sp³-hybridized carbons (Fsp3) is 0.167. The van der Waals surface area contributed by atoms with Gasteiger partial charge in [-0.2, -0.15) is 0 Å². The zero-order chi connectivity index (χ0) is 21.3. The maximum absolute atomic E-state index is 12.8. The van der Waals surface area contributed by atoms with Crippen molar-refractivity contribution >= 4 is 23.5 Å². The zero-order valence-corrected chi connectivity index (χ0v) is 17.3. The number of ether oxygens (including phenoxy) is 2. The standard InChI is InChI=1S/C24H22ClNO4/c1-29-22-10-6-5-9-21(22)23(27)26-20(15-17-11-13-19(25)14-12-17)16-30-24(28)18-7-3-2-4-8-18/h2-14,20H,15-16H2,1H3,(H,26,27)/t20-/m0/s1. The van der Waals surface area contributed by atoms with E-state index in [4.69, 9.17) is 21.1 Å². The fourth-order valence-electron chi connectivity index (χ4n) is 2.99. The van der Waals surface area contributed by atoms with Gasteiger partial charge in [-0.05, 0) is 48.4 Å². The number of methoxy groups -OCH3 is 1. The molecule has 1 N–H and O–H groups in total. The summed E-state index contributed by atoms with van der Waals surface area (Å²) in [6, 6.07) is 22.6. The van der Waals surface area contributed by atoms with Crippen molar-refractivity contribution in [3.63, 3.8) is 0 Å². The van der Waals surface area contributed by atoms with E-state index in [1.807, 2.05) is 18.2 Å². The lowest BCUT2D eigenvalue weighted by Gasteiger charge is -2.20. The number of carbonyl (C=O) groups is 2. The molecule has 5 nitrogen and oxygen atoms in total. The summed E-state index contributed by atoms with van der Waals surface area (Å²) in [7, 11) is 1.51. The third-order valence-corrected chi connectivity index (χ3v) is 4.76. The van der Waals surface area contributed by atoms with Crippen LogP contribution >= 0.6 is 11.6 Å². The van der Waals surface area contributed by atoms with Gasteiger partial charge >= 0.3 is 5.97 Å². The van der Waals surface area contributed by atoms with E-state index >= 15 is 0 Å². The van der Waals surface area contributed by atoms with Crippen molar-refractivity contribution in [2.24, 2.45) is 0 Å². The molecule has 0 spiro atoms. The minimum absolute atomic E-state index is 0.0250. The Kier molecular flexibility index (Phi) is 7.46. The molecular formula is C24H22ClNO4. The second-order valence-electron chi connectivity index (χ2n) is 6.67. The topological polar surface area (TPSA) is 64.6 Å². The van der Waals surface area contributed by atoms with Gasteiger partial charge in [0.25, 0.3) is 5.91 Å². The SMILES string of the molecule is COc1ccccc1C(=O)N[C@H](COC(=O)c1ccccc1)Cc1ccc(Cl)cc1. The summed E-state index contributed by atoms with van der Waals surface area (Å²) in [5.41, 5.74) is 1.83. The predicted octanol–water partition coefficient (Wildman–Crippen LogP) is 4.55. The van der Waals surface area contributed by atoms with Gasteiger partial charge in [0.2, 0.25) is 0 Å². The van der Waals surface area contributed by atoms with Crippen molar-refractivity contribution in [3.05, 3.63) is 101 Å². The van der Waals surface area contributed by atoms with Gasteiger partial charge in [-0.3, -0.25) is 4.79 Å². The molecular weight excluding hydrogens is 402 g/mol. The third kappa shape index (κ3) is 5.84. The Labute approximate surface area is 180 Å². The van der Waals surface area contributed by atoms with E-state index < -0.39 is 12.0 Å². The Morgan fingerprint density at radius 2 is 1.60 bits per heavy atom. The molecule has 3 aromatic rings. The van der Waals surface area contributed by atoms with E-state index in [1.54, 1.807) is 60.7 Å². The highest BCUT2D eigenvalue weighted by Crippen LogP contribution is 2.18. The van der Waals surface area contributed by atoms with Gasteiger partial charge in [-0.15, -0.1) is 0 Å². The first-order chi connectivity index (χ1) is 14.6. The summed E-state index contributed by atoms with van der Waals surface area (Å²) < 4.78 is 10.7. The molecule has 0 aliphatic heterocycles. The van der Waals surface area contributed by atoms with Crippen LogP contribution < -0.4 is 10.1 Å². The van der Waals surface area contributed by atoms with E-state index in [0.717, 1.165) is 5.56 Å². The number of para-hydroxylation sites is 1. The molecule has 0 unspecified atom stereocenters. The Bertz CT molecular complexity index is 990. The van der Waals surface area contributed by atoms with Gasteiger partial charge < -0.3 is 14.8 Å². The number of hydrogen-bond acceptors (Lipinski definition) is 4. The normalized spacial score (nSPS) is 11.4. The maximum atomic E-state index is 12.8. The van der Waals surface area contributed by atoms with Crippen LogP contribution in [0, 0.1) is 0 Å². The monoisotopic (exact) mass is 423 g/mol. The number of benzene rings is 3. The van der Waals surface area contributed by atoms with Gasteiger partial charge in [-0.1, -0.05) is 54.1 Å². The molecule has 3 rings (SSSR count). The van der Waals surface area contributed by atoms with Crippen molar-refractivity contribution in [2.45, 2.75) is 12.5 Å². The van der Waals surface area contributed by atoms with Gasteiger partial charge in [0, 0.05) is 5.02 Å². The molecule has 0 saturated carbocycles. The smallest absolute Gasteiger partial charge is 0.338 e. The van der Waals surface area contributed by atoms with E-state index in [0.29, 0.717) is 28.3 Å². The molecule has 0 aromatic heterocycles. The number of hydrogen-bond donors (Lipinski definition) is 1. The van der Waals surface area contributed by atoms with E-state index in [9.17, 15) is 9.59 Å². The Balaban J connectivity index is 1.73. The van der Waals surface area contributed by atoms with Crippen LogP contribution in [0.1, 0.15) is 26.3 Å². The summed E-state index contributed by atoms with van der Waals surface area (Å²) in [6.07, 6.45) is 0.472. The first-order valence-electron chi connectivity index (χ1n) is 9.47. The lowest BCUT2D eigenvalue weighted by Crippen LogP contribution is -2.40. The molecule has 30 heavy (non-hydrogen) atoms. The van der Waals surface area contributed by atoms with Crippen LogP contribution in [-0.2, 0) is 11.2 Å². The maximum Gasteiger partial charge on any atom is 0.338 e. The first kappa shape index (κ1) is 21.4. The van der Waals surface area contributed by atoms with Crippen LogP contribution in [0.3, 0.4) is 0 Å². The average molecular weight is 424 g/mol. The molecule has 6 heteroatoms. The Hall–Kier alpha value is -3.31. The minimum atomic E-state index is -0.441. The molecule has 1 atom stereocenters. The van der Waals surface area contributed by atoms with Crippen LogP contribution in [0.4, 0.5) is 0 Å². The van der Waals surface area contributed by atoms with E-state index in [1.165, 1.54) is 7.11 Å². The number of nitrogens with one attached hydrogen (secondary N) is 1. The molecule has 0 saturated heterocycles. The van der Waals surface area contributed by atoms with Crippen molar-refractivity contribution in [2.75, 3.05) is 13.7 Å². The lowest BCUT2D eigenvalue weighted by atomic mass is 10.1. The number of esters is 1. The lowest BCUT2D eigenvalue weighted by molar-refractivity contribution is 0.0456. The summed E-state index contributed by atoms with van der Waals surface area (Å²) in [6.45, 7) is 0.0250. The van der Waals surface area contributed by atoms with Crippen molar-refractivity contribution in [1.82, 2.24) is 5.32 Å². The second kappa shape index (κ2) is 10.5. The fourth-order valence-corrected chi connectivity index (χ4v) is 3.11. The summed E-state index contributed by atoms with van der Waals surface area (Å²) in [5, 5.41) is 3.58. The highest BCUT2D eigenvalue weighted by atomic mass is 35.5. The van der Waals surface area contributed by atoms with Crippen molar-refractivity contribution < 1.29 is 19.1 Å². The summed E-state index contributed by atoms with van der Waals surface area (Å²) >= 11 is 5.96. The van der Waals surface area contributed by atoms with Gasteiger partial charge in [-0.25, -0.2) is 4.79 Å². The van der Waals surface area contributed by atoms with E-state index in [2.05, 4.69) is 5.32 Å². The molecule has 1 amide bonds. The zero-order valence-electron chi connectivity index (χ0n) is 16.5. The largest absolute Gasteiger partial charge is 0.496 e. The van der Waals surface area contributed by atoms with Crippen LogP contribution in [0.2, 0.25) is 5.02 Å². The molecule has 0 heterocycles. The third-order valence-electron chi connectivity index (χ3n) is 4.51. The van der Waals surface area contributed by atoms with Crippen molar-refractivity contribution in [3.8, 4) is 5.75 Å². The Morgan fingerprint density at radius 3 is 2.30 bits per heavy atom. The molecule has 154 valence electrons. The van der Waals surface area contributed by atoms with Crippen LogP contribution in [-0.4, -0.2) is 31.6 Å². The summed E-state index contributed by atoms with van der Waals surface area (Å²) in [4.78, 5) is 25.2. The van der Waals surface area contributed by atoms with Gasteiger partial charge in [0.1, 0.15) is 12.4 Å². The van der Waals surface area contributed by atoms with Gasteiger partial charge in [0.15, 0.2) is 0 Å². The molecule has 0 aliphatic rings. The molecule has 3 aromatic carbocycles. The van der Waals surface area contributed by atoms with E-state index in [-0.39, 0.29) is 12.5 Å². The average Bonchev–Trinajstić information content (AvgIpc) is 2.79. The molecule has 0 bridgehead atoms. The van der Waals surface area contributed by atoms with Gasteiger partial charge in [0.05, 0.1) is 24.3 Å². The molecule has 0 radical (unpaired) electrons. The second-order valence-corrected chi connectivity index (χ2v) is 7.10. The molecule has 0 fully saturated rings. The van der Waals surface area contributed by atoms with Crippen LogP contribution in [0.15, 0.2) is 78.9 Å². The summed E-state index contributed by atoms with van der Waals surface area (Å²) in [5.74, 6) is -0.271. The molecule has 0 aliphatic carbocycles. The number of rotatable bonds is 8. The first-order valence-corrected chi connectivity index (χ1v) is 9.85. The number of carbonyl (C=O) groups excluding carboxylic acids is 2. The van der Waals surface area contributed by atoms with Crippen LogP contribution in [0.25, 0.3) is 0 Å². The minimum Gasteiger partial charge on any atom is -0.496 e. The number of amides is 1. The van der Waals surface area contributed by atoms with Crippen LogP contribution in [0.5, 0.6) is 5.75 Å². The Morgan fingerprint density at radius 1 is 0.933 bits per heavy atom. The highest BCUT2D eigenvalue weighted by molar-refractivity contribution is 6.30. The highest BCUT2D eigenvalue weighted by Gasteiger charge is 2.19. The number of halogens is 1. The quantitative estimate of drug-likeness (QED) is 0.540.